The summed E-state index contributed by atoms with van der Waals surface area (Å²) in [6.45, 7) is 2.95. The normalized spacial score (nSPS) is 11.7. The van der Waals surface area contributed by atoms with E-state index in [1.807, 2.05) is 29.1 Å². The average Bonchev–Trinajstić information content (AvgIpc) is 2.93. The van der Waals surface area contributed by atoms with Gasteiger partial charge in [0.15, 0.2) is 0 Å². The molecule has 0 saturated carbocycles. The van der Waals surface area contributed by atoms with Gasteiger partial charge >= 0.3 is 0 Å². The van der Waals surface area contributed by atoms with Crippen LogP contribution in [0.3, 0.4) is 0 Å². The number of halogens is 2. The molecule has 0 aliphatic rings. The van der Waals surface area contributed by atoms with Crippen molar-refractivity contribution in [1.82, 2.24) is 9.78 Å². The van der Waals surface area contributed by atoms with Crippen LogP contribution in [-0.4, -0.2) is 21.5 Å². The van der Waals surface area contributed by atoms with Crippen molar-refractivity contribution in [2.75, 3.05) is 11.8 Å². The van der Waals surface area contributed by atoms with Crippen molar-refractivity contribution in [3.8, 4) is 0 Å². The fourth-order valence-electron chi connectivity index (χ4n) is 2.24. The van der Waals surface area contributed by atoms with Gasteiger partial charge in [-0.1, -0.05) is 30.3 Å². The van der Waals surface area contributed by atoms with Crippen molar-refractivity contribution in [2.24, 2.45) is 0 Å². The number of nitrogens with zero attached hydrogens (tertiary/aromatic N) is 2. The molecule has 19 heavy (non-hydrogen) atoms. The number of aryl methyl sites for hydroxylation is 1. The Morgan fingerprint density at radius 2 is 1.84 bits per heavy atom. The zero-order chi connectivity index (χ0) is 13.7. The van der Waals surface area contributed by atoms with E-state index in [0.29, 0.717) is 11.8 Å². The average molecular weight is 297 g/mol. The van der Waals surface area contributed by atoms with Crippen molar-refractivity contribution >= 4 is 23.2 Å². The quantitative estimate of drug-likeness (QED) is 0.740. The summed E-state index contributed by atoms with van der Waals surface area (Å²) in [5, 5.41) is 4.31. The number of rotatable bonds is 6. The van der Waals surface area contributed by atoms with Crippen LogP contribution in [-0.2, 0) is 18.4 Å². The fourth-order valence-corrected chi connectivity index (χ4v) is 3.02. The topological polar surface area (TPSA) is 17.8 Å². The molecule has 0 saturated heterocycles. The number of aromatic nitrogens is 2. The molecule has 102 valence electrons. The number of hydrogen-bond acceptors (Lipinski definition) is 1. The third-order valence-electron chi connectivity index (χ3n) is 3.45. The van der Waals surface area contributed by atoms with Crippen LogP contribution in [0, 0.1) is 0 Å². The second-order valence-corrected chi connectivity index (χ2v) is 5.33. The smallest absolute Gasteiger partial charge is 0.0522 e. The molecule has 0 bridgehead atoms. The fraction of sp³-hybridized carbons (Fsp3) is 0.400. The molecule has 0 amide bonds. The molecular weight excluding hydrogens is 279 g/mol. The Labute approximate surface area is 124 Å². The SMILES string of the molecule is CCn1cc(CC(CCl)(CCl)c2ccccc2)cn1. The second-order valence-electron chi connectivity index (χ2n) is 4.79. The molecule has 0 unspecified atom stereocenters. The lowest BCUT2D eigenvalue weighted by Gasteiger charge is -2.29. The largest absolute Gasteiger partial charge is 0.273 e. The molecule has 2 aromatic rings. The van der Waals surface area contributed by atoms with Crippen molar-refractivity contribution in [2.45, 2.75) is 25.3 Å². The summed E-state index contributed by atoms with van der Waals surface area (Å²) < 4.78 is 1.92. The van der Waals surface area contributed by atoms with Crippen molar-refractivity contribution in [1.29, 1.82) is 0 Å². The van der Waals surface area contributed by atoms with Gasteiger partial charge in [0, 0.05) is 29.9 Å². The van der Waals surface area contributed by atoms with Gasteiger partial charge in [-0.05, 0) is 24.5 Å². The predicted octanol–water partition coefficient (Wildman–Crippen LogP) is 3.86. The molecule has 0 aliphatic heterocycles. The molecular formula is C15H18Cl2N2. The molecule has 1 aromatic carbocycles. The summed E-state index contributed by atoms with van der Waals surface area (Å²) in [5.74, 6) is 0.996. The number of alkyl halides is 2. The van der Waals surface area contributed by atoms with Gasteiger partial charge in [0.1, 0.15) is 0 Å². The molecule has 0 atom stereocenters. The van der Waals surface area contributed by atoms with E-state index in [-0.39, 0.29) is 5.41 Å². The van der Waals surface area contributed by atoms with Crippen LogP contribution in [0.2, 0.25) is 0 Å². The molecule has 4 heteroatoms. The van der Waals surface area contributed by atoms with Crippen LogP contribution >= 0.6 is 23.2 Å². The zero-order valence-electron chi connectivity index (χ0n) is 11.0. The Kier molecular flexibility index (Phi) is 4.89. The second kappa shape index (κ2) is 6.44. The summed E-state index contributed by atoms with van der Waals surface area (Å²) in [4.78, 5) is 0. The monoisotopic (exact) mass is 296 g/mol. The lowest BCUT2D eigenvalue weighted by Crippen LogP contribution is -2.33. The van der Waals surface area contributed by atoms with E-state index in [9.17, 15) is 0 Å². The first kappa shape index (κ1) is 14.4. The van der Waals surface area contributed by atoms with Crippen LogP contribution < -0.4 is 0 Å². The summed E-state index contributed by atoms with van der Waals surface area (Å²) in [6, 6.07) is 10.2. The molecule has 1 aromatic heterocycles. The van der Waals surface area contributed by atoms with Crippen LogP contribution in [0.1, 0.15) is 18.1 Å². The van der Waals surface area contributed by atoms with Gasteiger partial charge in [-0.25, -0.2) is 0 Å². The van der Waals surface area contributed by atoms with Gasteiger partial charge < -0.3 is 0 Å². The van der Waals surface area contributed by atoms with Gasteiger partial charge in [0.05, 0.1) is 6.20 Å². The van der Waals surface area contributed by atoms with Crippen LogP contribution in [0.5, 0.6) is 0 Å². The molecule has 1 heterocycles. The maximum atomic E-state index is 6.24. The maximum absolute atomic E-state index is 6.24. The third-order valence-corrected chi connectivity index (χ3v) is 4.47. The Morgan fingerprint density at radius 1 is 1.16 bits per heavy atom. The van der Waals surface area contributed by atoms with Gasteiger partial charge in [-0.15, -0.1) is 23.2 Å². The molecule has 2 rings (SSSR count). The lowest BCUT2D eigenvalue weighted by molar-refractivity contribution is 0.535. The van der Waals surface area contributed by atoms with Gasteiger partial charge in [-0.2, -0.15) is 5.10 Å². The van der Waals surface area contributed by atoms with Gasteiger partial charge in [0.2, 0.25) is 0 Å². The minimum Gasteiger partial charge on any atom is -0.273 e. The third kappa shape index (κ3) is 3.13. The van der Waals surface area contributed by atoms with E-state index in [0.717, 1.165) is 13.0 Å². The number of benzene rings is 1. The highest BCUT2D eigenvalue weighted by molar-refractivity contribution is 6.22. The first-order valence-corrected chi connectivity index (χ1v) is 7.50. The molecule has 0 aliphatic carbocycles. The highest BCUT2D eigenvalue weighted by Crippen LogP contribution is 2.31. The Bertz CT molecular complexity index is 504. The minimum absolute atomic E-state index is 0.230. The van der Waals surface area contributed by atoms with Crippen LogP contribution in [0.15, 0.2) is 42.7 Å². The first-order chi connectivity index (χ1) is 9.24. The lowest BCUT2D eigenvalue weighted by atomic mass is 9.79. The highest BCUT2D eigenvalue weighted by Gasteiger charge is 2.31. The highest BCUT2D eigenvalue weighted by atomic mass is 35.5. The maximum Gasteiger partial charge on any atom is 0.0522 e. The molecule has 2 nitrogen and oxygen atoms in total. The minimum atomic E-state index is -0.230. The van der Waals surface area contributed by atoms with E-state index in [4.69, 9.17) is 23.2 Å². The van der Waals surface area contributed by atoms with Crippen molar-refractivity contribution in [3.05, 3.63) is 53.9 Å². The standard InChI is InChI=1S/C15H18Cl2N2/c1-2-19-10-13(9-18-19)8-15(11-16,12-17)14-6-4-3-5-7-14/h3-7,9-10H,2,8,11-12H2,1H3. The van der Waals surface area contributed by atoms with E-state index >= 15 is 0 Å². The number of hydrogen-bond donors (Lipinski definition) is 0. The summed E-state index contributed by atoms with van der Waals surface area (Å²) in [5.41, 5.74) is 2.13. The first-order valence-electron chi connectivity index (χ1n) is 6.43. The molecule has 0 N–H and O–H groups in total. The van der Waals surface area contributed by atoms with E-state index in [1.165, 1.54) is 11.1 Å². The van der Waals surface area contributed by atoms with Crippen molar-refractivity contribution < 1.29 is 0 Å². The molecule has 0 fully saturated rings. The van der Waals surface area contributed by atoms with E-state index in [2.05, 4.69) is 30.4 Å². The van der Waals surface area contributed by atoms with Crippen LogP contribution in [0.25, 0.3) is 0 Å². The Morgan fingerprint density at radius 3 is 2.37 bits per heavy atom. The molecule has 0 radical (unpaired) electrons. The van der Waals surface area contributed by atoms with Crippen LogP contribution in [0.4, 0.5) is 0 Å². The van der Waals surface area contributed by atoms with E-state index in [1.54, 1.807) is 0 Å². The van der Waals surface area contributed by atoms with Gasteiger partial charge in [-0.3, -0.25) is 4.68 Å². The Balaban J connectivity index is 2.29. The molecule has 0 spiro atoms. The Hall–Kier alpha value is -0.990. The van der Waals surface area contributed by atoms with Crippen molar-refractivity contribution in [3.63, 3.8) is 0 Å². The predicted molar refractivity (Wildman–Crippen MR) is 81.2 cm³/mol. The van der Waals surface area contributed by atoms with E-state index < -0.39 is 0 Å². The van der Waals surface area contributed by atoms with Gasteiger partial charge in [0.25, 0.3) is 0 Å². The zero-order valence-corrected chi connectivity index (χ0v) is 12.5. The summed E-state index contributed by atoms with van der Waals surface area (Å²) in [6.07, 6.45) is 4.78. The summed E-state index contributed by atoms with van der Waals surface area (Å²) >= 11 is 12.5. The summed E-state index contributed by atoms with van der Waals surface area (Å²) in [7, 11) is 0.